The Morgan fingerprint density at radius 2 is 1.87 bits per heavy atom. The number of rotatable bonds is 9. The lowest BCUT2D eigenvalue weighted by Crippen LogP contribution is -2.33. The molecule has 8 heteroatoms. The molecule has 3 aromatic rings. The van der Waals surface area contributed by atoms with Gasteiger partial charge in [0.15, 0.2) is 11.0 Å². The fourth-order valence-corrected chi connectivity index (χ4v) is 4.25. The van der Waals surface area contributed by atoms with Crippen molar-refractivity contribution in [2.75, 3.05) is 17.2 Å². The number of carbonyl (C=O) groups excluding carboxylic acids is 1. The molecule has 7 nitrogen and oxygen atoms in total. The van der Waals surface area contributed by atoms with E-state index in [9.17, 15) is 4.79 Å². The van der Waals surface area contributed by atoms with Crippen LogP contribution in [0.1, 0.15) is 30.9 Å². The van der Waals surface area contributed by atoms with Crippen molar-refractivity contribution in [3.05, 3.63) is 53.9 Å². The first kappa shape index (κ1) is 22.5. The maximum Gasteiger partial charge on any atom is 0.237 e. The van der Waals surface area contributed by atoms with Crippen LogP contribution in [0, 0.1) is 25.2 Å². The maximum atomic E-state index is 13.1. The van der Waals surface area contributed by atoms with Crippen LogP contribution in [-0.4, -0.2) is 38.0 Å². The van der Waals surface area contributed by atoms with Crippen LogP contribution in [-0.2, 0) is 11.3 Å². The minimum absolute atomic E-state index is 0.0539. The van der Waals surface area contributed by atoms with Gasteiger partial charge in [-0.1, -0.05) is 24.8 Å². The van der Waals surface area contributed by atoms with Gasteiger partial charge in [-0.3, -0.25) is 9.78 Å². The fourth-order valence-electron chi connectivity index (χ4n) is 3.41. The molecule has 0 saturated carbocycles. The van der Waals surface area contributed by atoms with E-state index in [0.717, 1.165) is 41.2 Å². The van der Waals surface area contributed by atoms with Crippen molar-refractivity contribution >= 4 is 23.4 Å². The molecular formula is C23H26N6OS. The number of nitriles is 1. The number of carbonyl (C=O) groups is 1. The lowest BCUT2D eigenvalue weighted by Gasteiger charge is -2.22. The summed E-state index contributed by atoms with van der Waals surface area (Å²) < 4.78 is 2.05. The molecule has 0 spiro atoms. The van der Waals surface area contributed by atoms with Gasteiger partial charge in [0.25, 0.3) is 0 Å². The largest absolute Gasteiger partial charge is 0.311 e. The number of aryl methyl sites for hydroxylation is 2. The minimum Gasteiger partial charge on any atom is -0.311 e. The Bertz CT molecular complexity index is 1050. The Balaban J connectivity index is 1.80. The first-order valence-corrected chi connectivity index (χ1v) is 11.2. The zero-order chi connectivity index (χ0) is 22.2. The number of hydrogen-bond acceptors (Lipinski definition) is 6. The van der Waals surface area contributed by atoms with E-state index in [1.165, 1.54) is 11.8 Å². The molecule has 0 saturated heterocycles. The van der Waals surface area contributed by atoms with Gasteiger partial charge >= 0.3 is 0 Å². The minimum atomic E-state index is -0.0539. The lowest BCUT2D eigenvalue weighted by molar-refractivity contribution is -0.116. The van der Waals surface area contributed by atoms with Crippen LogP contribution >= 0.6 is 11.8 Å². The van der Waals surface area contributed by atoms with E-state index in [-0.39, 0.29) is 18.1 Å². The number of hydrogen-bond donors (Lipinski definition) is 0. The summed E-state index contributed by atoms with van der Waals surface area (Å²) in [5.41, 5.74) is 3.94. The highest BCUT2D eigenvalue weighted by Gasteiger charge is 2.20. The van der Waals surface area contributed by atoms with Crippen molar-refractivity contribution in [2.45, 2.75) is 45.3 Å². The molecule has 160 valence electrons. The smallest absolute Gasteiger partial charge is 0.237 e. The summed E-state index contributed by atoms with van der Waals surface area (Å²) in [6.07, 6.45) is 4.66. The highest BCUT2D eigenvalue weighted by molar-refractivity contribution is 7.99. The second-order valence-corrected chi connectivity index (χ2v) is 8.22. The molecule has 0 aliphatic rings. The fraction of sp³-hybridized carbons (Fsp3) is 0.348. The van der Waals surface area contributed by atoms with E-state index in [1.54, 1.807) is 17.3 Å². The van der Waals surface area contributed by atoms with Crippen LogP contribution < -0.4 is 4.90 Å². The van der Waals surface area contributed by atoms with Crippen molar-refractivity contribution < 1.29 is 4.79 Å². The average Bonchev–Trinajstić information content (AvgIpc) is 3.15. The van der Waals surface area contributed by atoms with Crippen molar-refractivity contribution in [2.24, 2.45) is 0 Å². The number of aromatic nitrogens is 4. The SMILES string of the molecule is CCCn1c(SCC(=O)N(CCC#N)c2cc(C)cc(C)c2)nnc1-c1ccncc1. The van der Waals surface area contributed by atoms with Crippen LogP contribution in [0.4, 0.5) is 5.69 Å². The number of pyridine rings is 1. The number of nitrogens with zero attached hydrogens (tertiary/aromatic N) is 6. The Kier molecular flexibility index (Phi) is 7.79. The molecule has 0 radical (unpaired) electrons. The number of amides is 1. The molecule has 31 heavy (non-hydrogen) atoms. The summed E-state index contributed by atoms with van der Waals surface area (Å²) in [6.45, 7) is 7.23. The van der Waals surface area contributed by atoms with Crippen LogP contribution in [0.5, 0.6) is 0 Å². The van der Waals surface area contributed by atoms with Gasteiger partial charge in [-0.15, -0.1) is 10.2 Å². The highest BCUT2D eigenvalue weighted by atomic mass is 32.2. The topological polar surface area (TPSA) is 87.7 Å². The summed E-state index contributed by atoms with van der Waals surface area (Å²) in [5.74, 6) is 0.938. The molecule has 2 heterocycles. The normalized spacial score (nSPS) is 10.6. The molecule has 2 aromatic heterocycles. The van der Waals surface area contributed by atoms with Gasteiger partial charge in [0, 0.05) is 36.7 Å². The zero-order valence-corrected chi connectivity index (χ0v) is 18.9. The summed E-state index contributed by atoms with van der Waals surface area (Å²) in [6, 6.07) is 12.0. The molecular weight excluding hydrogens is 408 g/mol. The third kappa shape index (κ3) is 5.70. The first-order valence-electron chi connectivity index (χ1n) is 10.3. The number of thioether (sulfide) groups is 1. The molecule has 0 atom stereocenters. The van der Waals surface area contributed by atoms with Gasteiger partial charge in [0.05, 0.1) is 18.2 Å². The second-order valence-electron chi connectivity index (χ2n) is 7.28. The maximum absolute atomic E-state index is 13.1. The quantitative estimate of drug-likeness (QED) is 0.464. The molecule has 1 aromatic carbocycles. The third-order valence-electron chi connectivity index (χ3n) is 4.69. The standard InChI is InChI=1S/C23H26N6OS/c1-4-11-29-22(19-6-9-25-10-7-19)26-27-23(29)31-16-21(30)28(12-5-8-24)20-14-17(2)13-18(3)15-20/h6-7,9-10,13-15H,4-5,11-12,16H2,1-3H3. The van der Waals surface area contributed by atoms with E-state index in [2.05, 4.69) is 34.2 Å². The van der Waals surface area contributed by atoms with Gasteiger partial charge in [0.1, 0.15) is 0 Å². The van der Waals surface area contributed by atoms with Gasteiger partial charge in [-0.05, 0) is 55.7 Å². The predicted octanol–water partition coefficient (Wildman–Crippen LogP) is 4.41. The summed E-state index contributed by atoms with van der Waals surface area (Å²) in [4.78, 5) is 18.9. The molecule has 0 aliphatic heterocycles. The van der Waals surface area contributed by atoms with Gasteiger partial charge < -0.3 is 9.47 Å². The molecule has 0 aliphatic carbocycles. The Hall–Kier alpha value is -3.18. The van der Waals surface area contributed by atoms with Crippen molar-refractivity contribution in [3.8, 4) is 17.5 Å². The second kappa shape index (κ2) is 10.7. The summed E-state index contributed by atoms with van der Waals surface area (Å²) in [7, 11) is 0. The van der Waals surface area contributed by atoms with E-state index < -0.39 is 0 Å². The number of benzene rings is 1. The van der Waals surface area contributed by atoms with Crippen LogP contribution in [0.25, 0.3) is 11.4 Å². The zero-order valence-electron chi connectivity index (χ0n) is 18.1. The third-order valence-corrected chi connectivity index (χ3v) is 5.65. The van der Waals surface area contributed by atoms with Crippen molar-refractivity contribution in [1.82, 2.24) is 19.7 Å². The van der Waals surface area contributed by atoms with Gasteiger partial charge in [0.2, 0.25) is 5.91 Å². The van der Waals surface area contributed by atoms with E-state index in [4.69, 9.17) is 5.26 Å². The molecule has 0 N–H and O–H groups in total. The van der Waals surface area contributed by atoms with Gasteiger partial charge in [-0.2, -0.15) is 5.26 Å². The molecule has 1 amide bonds. The monoisotopic (exact) mass is 434 g/mol. The summed E-state index contributed by atoms with van der Waals surface area (Å²) >= 11 is 1.38. The first-order chi connectivity index (χ1) is 15.0. The molecule has 3 rings (SSSR count). The van der Waals surface area contributed by atoms with Gasteiger partial charge in [-0.25, -0.2) is 0 Å². The van der Waals surface area contributed by atoms with Crippen molar-refractivity contribution in [1.29, 1.82) is 5.26 Å². The van der Waals surface area contributed by atoms with E-state index >= 15 is 0 Å². The van der Waals surface area contributed by atoms with Crippen molar-refractivity contribution in [3.63, 3.8) is 0 Å². The molecule has 0 bridgehead atoms. The Labute approximate surface area is 187 Å². The summed E-state index contributed by atoms with van der Waals surface area (Å²) in [5, 5.41) is 18.5. The average molecular weight is 435 g/mol. The predicted molar refractivity (Wildman–Crippen MR) is 123 cm³/mol. The van der Waals surface area contributed by atoms with Crippen LogP contribution in [0.3, 0.4) is 0 Å². The van der Waals surface area contributed by atoms with E-state index in [0.29, 0.717) is 11.7 Å². The van der Waals surface area contributed by atoms with Crippen LogP contribution in [0.2, 0.25) is 0 Å². The Morgan fingerprint density at radius 3 is 2.52 bits per heavy atom. The molecule has 0 fully saturated rings. The number of anilines is 1. The highest BCUT2D eigenvalue weighted by Crippen LogP contribution is 2.26. The van der Waals surface area contributed by atoms with Crippen LogP contribution in [0.15, 0.2) is 47.9 Å². The Morgan fingerprint density at radius 1 is 1.16 bits per heavy atom. The van der Waals surface area contributed by atoms with E-state index in [1.807, 2.05) is 42.7 Å². The molecule has 0 unspecified atom stereocenters. The lowest BCUT2D eigenvalue weighted by atomic mass is 10.1.